The summed E-state index contributed by atoms with van der Waals surface area (Å²) in [5.74, 6) is 0. The Bertz CT molecular complexity index is 745. The minimum atomic E-state index is -0.392. The molecule has 0 aliphatic rings. The van der Waals surface area contributed by atoms with Crippen molar-refractivity contribution in [3.8, 4) is 0 Å². The lowest BCUT2D eigenvalue weighted by Gasteiger charge is -2.35. The van der Waals surface area contributed by atoms with E-state index in [9.17, 15) is 20.2 Å². The summed E-state index contributed by atoms with van der Waals surface area (Å²) in [5, 5.41) is 21.6. The topological polar surface area (TPSA) is 86.3 Å². The van der Waals surface area contributed by atoms with Crippen molar-refractivity contribution in [3.05, 3.63) is 79.9 Å². The molecule has 0 bridgehead atoms. The molecule has 0 fully saturated rings. The zero-order valence-corrected chi connectivity index (χ0v) is 16.8. The van der Waals surface area contributed by atoms with Crippen LogP contribution in [0, 0.1) is 20.2 Å². The fraction of sp³-hybridized carbons (Fsp3) is 0.400. The van der Waals surface area contributed by atoms with Crippen molar-refractivity contribution >= 4 is 23.1 Å². The molecule has 144 valence electrons. The predicted octanol–water partition coefficient (Wildman–Crippen LogP) is 5.58. The SMILES string of the molecule is CC(C)(Cc1ccc([N+](=O)[O-])cc1)SC(C)(C)Cc1ccc([N+](=O)[O-])cc1. The second-order valence-electron chi connectivity index (χ2n) is 7.82. The summed E-state index contributed by atoms with van der Waals surface area (Å²) in [5.41, 5.74) is 2.32. The lowest BCUT2D eigenvalue weighted by molar-refractivity contribution is -0.385. The van der Waals surface area contributed by atoms with E-state index in [1.54, 1.807) is 0 Å². The first-order valence-corrected chi connectivity index (χ1v) is 9.46. The van der Waals surface area contributed by atoms with Crippen molar-refractivity contribution in [1.82, 2.24) is 0 Å². The zero-order chi connectivity index (χ0) is 20.2. The van der Waals surface area contributed by atoms with Crippen LogP contribution < -0.4 is 0 Å². The second kappa shape index (κ2) is 8.08. The first kappa shape index (κ1) is 20.9. The lowest BCUT2D eigenvalue weighted by atomic mass is 10.0. The highest BCUT2D eigenvalue weighted by Crippen LogP contribution is 2.40. The number of nitrogens with zero attached hydrogens (tertiary/aromatic N) is 2. The Balaban J connectivity index is 2.03. The van der Waals surface area contributed by atoms with Crippen molar-refractivity contribution in [1.29, 1.82) is 0 Å². The summed E-state index contributed by atoms with van der Waals surface area (Å²) in [4.78, 5) is 20.8. The highest BCUT2D eigenvalue weighted by molar-refractivity contribution is 8.01. The van der Waals surface area contributed by atoms with Crippen molar-refractivity contribution in [2.45, 2.75) is 50.0 Å². The van der Waals surface area contributed by atoms with Crippen LogP contribution in [0.1, 0.15) is 38.8 Å². The number of thioether (sulfide) groups is 1. The highest BCUT2D eigenvalue weighted by Gasteiger charge is 2.30. The van der Waals surface area contributed by atoms with E-state index in [1.165, 1.54) is 24.3 Å². The molecule has 0 atom stereocenters. The van der Waals surface area contributed by atoms with E-state index >= 15 is 0 Å². The van der Waals surface area contributed by atoms with Crippen LogP contribution in [-0.2, 0) is 12.8 Å². The van der Waals surface area contributed by atoms with E-state index in [-0.39, 0.29) is 20.9 Å². The van der Waals surface area contributed by atoms with Crippen LogP contribution >= 0.6 is 11.8 Å². The van der Waals surface area contributed by atoms with Gasteiger partial charge in [-0.3, -0.25) is 20.2 Å². The van der Waals surface area contributed by atoms with E-state index < -0.39 is 9.85 Å². The normalized spacial score (nSPS) is 12.0. The molecule has 0 saturated carbocycles. The summed E-state index contributed by atoms with van der Waals surface area (Å²) in [6, 6.07) is 13.4. The van der Waals surface area contributed by atoms with Crippen molar-refractivity contribution in [2.24, 2.45) is 0 Å². The third-order valence-electron chi connectivity index (χ3n) is 4.11. The molecule has 0 aliphatic heterocycles. The molecule has 0 heterocycles. The minimum absolute atomic E-state index is 0.0690. The quantitative estimate of drug-likeness (QED) is 0.435. The van der Waals surface area contributed by atoms with E-state index in [0.717, 1.165) is 24.0 Å². The van der Waals surface area contributed by atoms with Gasteiger partial charge in [0.05, 0.1) is 9.85 Å². The van der Waals surface area contributed by atoms with Gasteiger partial charge in [0.2, 0.25) is 0 Å². The van der Waals surface area contributed by atoms with Crippen molar-refractivity contribution in [2.75, 3.05) is 0 Å². The van der Waals surface area contributed by atoms with Gasteiger partial charge in [-0.25, -0.2) is 0 Å². The number of nitro benzene ring substituents is 2. The molecule has 2 aromatic carbocycles. The van der Waals surface area contributed by atoms with Crippen LogP contribution in [-0.4, -0.2) is 19.3 Å². The van der Waals surface area contributed by atoms with Gasteiger partial charge >= 0.3 is 0 Å². The number of nitro groups is 2. The summed E-state index contributed by atoms with van der Waals surface area (Å²) < 4.78 is -0.138. The molecule has 0 aromatic heterocycles. The van der Waals surface area contributed by atoms with Crippen LogP contribution in [0.2, 0.25) is 0 Å². The van der Waals surface area contributed by atoms with Gasteiger partial charge in [-0.15, -0.1) is 11.8 Å². The highest BCUT2D eigenvalue weighted by atomic mass is 32.2. The maximum absolute atomic E-state index is 10.8. The third kappa shape index (κ3) is 6.36. The van der Waals surface area contributed by atoms with Crippen molar-refractivity contribution < 1.29 is 9.85 Å². The molecule has 27 heavy (non-hydrogen) atoms. The Morgan fingerprint density at radius 2 is 1.00 bits per heavy atom. The molecule has 2 rings (SSSR count). The summed E-state index contributed by atoms with van der Waals surface area (Å²) in [6.07, 6.45) is 1.58. The maximum Gasteiger partial charge on any atom is 0.269 e. The molecule has 0 spiro atoms. The van der Waals surface area contributed by atoms with Crippen LogP contribution in [0.4, 0.5) is 11.4 Å². The Morgan fingerprint density at radius 3 is 1.26 bits per heavy atom. The first-order chi connectivity index (χ1) is 12.5. The fourth-order valence-corrected chi connectivity index (χ4v) is 5.25. The fourth-order valence-electron chi connectivity index (χ4n) is 3.27. The van der Waals surface area contributed by atoms with Crippen molar-refractivity contribution in [3.63, 3.8) is 0 Å². The Labute approximate surface area is 163 Å². The van der Waals surface area contributed by atoms with Gasteiger partial charge < -0.3 is 0 Å². The number of non-ortho nitro benzene ring substituents is 2. The van der Waals surface area contributed by atoms with Gasteiger partial charge in [-0.05, 0) is 24.0 Å². The Kier molecular flexibility index (Phi) is 6.26. The van der Waals surface area contributed by atoms with E-state index in [4.69, 9.17) is 0 Å². The monoisotopic (exact) mass is 388 g/mol. The van der Waals surface area contributed by atoms with Crippen LogP contribution in [0.15, 0.2) is 48.5 Å². The minimum Gasteiger partial charge on any atom is -0.258 e. The van der Waals surface area contributed by atoms with Gasteiger partial charge in [0.15, 0.2) is 0 Å². The molecule has 0 radical (unpaired) electrons. The van der Waals surface area contributed by atoms with Crippen LogP contribution in [0.3, 0.4) is 0 Å². The van der Waals surface area contributed by atoms with Crippen LogP contribution in [0.25, 0.3) is 0 Å². The zero-order valence-electron chi connectivity index (χ0n) is 16.0. The number of rotatable bonds is 8. The van der Waals surface area contributed by atoms with Gasteiger partial charge in [-0.2, -0.15) is 0 Å². The molecule has 7 heteroatoms. The molecule has 0 saturated heterocycles. The van der Waals surface area contributed by atoms with Crippen LogP contribution in [0.5, 0.6) is 0 Å². The Hall–Kier alpha value is -2.41. The number of benzene rings is 2. The van der Waals surface area contributed by atoms with E-state index in [2.05, 4.69) is 27.7 Å². The molecular weight excluding hydrogens is 364 g/mol. The maximum atomic E-state index is 10.8. The molecule has 0 amide bonds. The smallest absolute Gasteiger partial charge is 0.258 e. The molecule has 0 unspecified atom stereocenters. The molecule has 0 aliphatic carbocycles. The third-order valence-corrected chi connectivity index (χ3v) is 5.50. The molecule has 2 aromatic rings. The van der Waals surface area contributed by atoms with E-state index in [1.807, 2.05) is 36.0 Å². The standard InChI is InChI=1S/C20H24N2O4S/c1-19(2,13-15-5-9-17(10-6-15)21(23)24)27-20(3,4)14-16-7-11-18(12-8-16)22(25)26/h5-12H,13-14H2,1-4H3. The largest absolute Gasteiger partial charge is 0.269 e. The Morgan fingerprint density at radius 1 is 0.704 bits per heavy atom. The molecular formula is C20H24N2O4S. The first-order valence-electron chi connectivity index (χ1n) is 8.64. The summed E-state index contributed by atoms with van der Waals surface area (Å²) in [6.45, 7) is 8.65. The average molecular weight is 388 g/mol. The predicted molar refractivity (Wildman–Crippen MR) is 109 cm³/mol. The van der Waals surface area contributed by atoms with Gasteiger partial charge in [0.1, 0.15) is 0 Å². The van der Waals surface area contributed by atoms with Gasteiger partial charge in [0, 0.05) is 33.8 Å². The lowest BCUT2D eigenvalue weighted by Crippen LogP contribution is -2.29. The molecule has 0 N–H and O–H groups in total. The number of hydrogen-bond donors (Lipinski definition) is 0. The molecule has 6 nitrogen and oxygen atoms in total. The van der Waals surface area contributed by atoms with Gasteiger partial charge in [0.25, 0.3) is 11.4 Å². The average Bonchev–Trinajstić information content (AvgIpc) is 2.53. The van der Waals surface area contributed by atoms with Gasteiger partial charge in [-0.1, -0.05) is 52.0 Å². The number of hydrogen-bond acceptors (Lipinski definition) is 5. The second-order valence-corrected chi connectivity index (χ2v) is 10.2. The summed E-state index contributed by atoms with van der Waals surface area (Å²) >= 11 is 1.85. The summed E-state index contributed by atoms with van der Waals surface area (Å²) in [7, 11) is 0. The van der Waals surface area contributed by atoms with E-state index in [0.29, 0.717) is 0 Å².